The molecule has 1 aliphatic heterocycles. The number of hydrogen-bond acceptors (Lipinski definition) is 3. The second-order valence-electron chi connectivity index (χ2n) is 5.14. The molecule has 3 aromatic rings. The van der Waals surface area contributed by atoms with Crippen molar-refractivity contribution in [3.05, 3.63) is 53.7 Å². The smallest absolute Gasteiger partial charge is 0.255 e. The number of nitrogens with one attached hydrogen (secondary N) is 3. The van der Waals surface area contributed by atoms with Crippen molar-refractivity contribution < 1.29 is 4.79 Å². The van der Waals surface area contributed by atoms with Gasteiger partial charge < -0.3 is 10.6 Å². The topological polar surface area (TPSA) is 69.8 Å². The number of nitrogens with zero attached hydrogens (tertiary/aromatic N) is 1. The van der Waals surface area contributed by atoms with Crippen LogP contribution < -0.4 is 10.6 Å². The first-order chi connectivity index (χ1) is 10.3. The lowest BCUT2D eigenvalue weighted by molar-refractivity contribution is 0.102. The normalized spacial score (nSPS) is 13.0. The number of carbonyl (C=O) groups is 1. The average molecular weight is 278 g/mol. The van der Waals surface area contributed by atoms with E-state index in [0.717, 1.165) is 35.2 Å². The van der Waals surface area contributed by atoms with Crippen LogP contribution in [0.25, 0.3) is 10.9 Å². The van der Waals surface area contributed by atoms with E-state index in [4.69, 9.17) is 0 Å². The molecule has 104 valence electrons. The number of aromatic nitrogens is 2. The summed E-state index contributed by atoms with van der Waals surface area (Å²) in [7, 11) is 0. The van der Waals surface area contributed by atoms with Gasteiger partial charge in [0, 0.05) is 23.2 Å². The Hall–Kier alpha value is -2.82. The molecule has 5 nitrogen and oxygen atoms in total. The molecule has 0 atom stereocenters. The zero-order valence-corrected chi connectivity index (χ0v) is 11.3. The summed E-state index contributed by atoms with van der Waals surface area (Å²) in [5.74, 6) is -0.0987. The largest absolute Gasteiger partial charge is 0.384 e. The molecule has 0 radical (unpaired) electrons. The Morgan fingerprint density at radius 1 is 1.24 bits per heavy atom. The molecule has 1 aliphatic rings. The minimum atomic E-state index is -0.0987. The summed E-state index contributed by atoms with van der Waals surface area (Å²) in [4.78, 5) is 12.4. The Bertz CT molecular complexity index is 837. The van der Waals surface area contributed by atoms with Crippen molar-refractivity contribution >= 4 is 28.2 Å². The van der Waals surface area contributed by atoms with E-state index in [1.165, 1.54) is 5.56 Å². The van der Waals surface area contributed by atoms with Crippen LogP contribution in [0.2, 0.25) is 0 Å². The first kappa shape index (κ1) is 12.0. The van der Waals surface area contributed by atoms with Crippen LogP contribution in [0, 0.1) is 0 Å². The van der Waals surface area contributed by atoms with Crippen molar-refractivity contribution in [1.82, 2.24) is 10.2 Å². The van der Waals surface area contributed by atoms with Crippen molar-refractivity contribution in [3.63, 3.8) is 0 Å². The van der Waals surface area contributed by atoms with Crippen molar-refractivity contribution in [2.45, 2.75) is 6.42 Å². The number of amides is 1. The van der Waals surface area contributed by atoms with E-state index in [2.05, 4.69) is 20.8 Å². The van der Waals surface area contributed by atoms with Crippen LogP contribution in [0.15, 0.2) is 42.6 Å². The molecular formula is C16H14N4O. The molecule has 0 saturated carbocycles. The van der Waals surface area contributed by atoms with E-state index >= 15 is 0 Å². The lowest BCUT2D eigenvalue weighted by Crippen LogP contribution is -2.12. The summed E-state index contributed by atoms with van der Waals surface area (Å²) in [5, 5.41) is 14.1. The van der Waals surface area contributed by atoms with Crippen LogP contribution in [0.3, 0.4) is 0 Å². The first-order valence-corrected chi connectivity index (χ1v) is 6.91. The highest BCUT2D eigenvalue weighted by atomic mass is 16.1. The van der Waals surface area contributed by atoms with Gasteiger partial charge in [0.15, 0.2) is 0 Å². The van der Waals surface area contributed by atoms with E-state index in [9.17, 15) is 4.79 Å². The maximum atomic E-state index is 12.4. The number of aromatic amines is 1. The third-order valence-electron chi connectivity index (χ3n) is 3.81. The SMILES string of the molecule is O=C(Nc1cccc2[nH]ncc12)c1ccc2c(c1)CCN2. The van der Waals surface area contributed by atoms with Crippen LogP contribution in [-0.2, 0) is 6.42 Å². The molecule has 0 unspecified atom stereocenters. The van der Waals surface area contributed by atoms with Gasteiger partial charge in [-0.1, -0.05) is 6.07 Å². The molecule has 4 rings (SSSR count). The molecule has 0 aliphatic carbocycles. The number of hydrogen-bond donors (Lipinski definition) is 3. The van der Waals surface area contributed by atoms with Gasteiger partial charge >= 0.3 is 0 Å². The van der Waals surface area contributed by atoms with Crippen LogP contribution >= 0.6 is 0 Å². The van der Waals surface area contributed by atoms with Gasteiger partial charge in [-0.25, -0.2) is 0 Å². The Balaban J connectivity index is 1.65. The van der Waals surface area contributed by atoms with Crippen molar-refractivity contribution in [2.75, 3.05) is 17.2 Å². The molecule has 1 aromatic heterocycles. The number of fused-ring (bicyclic) bond motifs is 2. The maximum Gasteiger partial charge on any atom is 0.255 e. The van der Waals surface area contributed by atoms with E-state index in [1.807, 2.05) is 36.4 Å². The molecule has 2 heterocycles. The van der Waals surface area contributed by atoms with Crippen LogP contribution in [0.5, 0.6) is 0 Å². The molecule has 2 aromatic carbocycles. The summed E-state index contributed by atoms with van der Waals surface area (Å²) in [5.41, 5.74) is 4.68. The summed E-state index contributed by atoms with van der Waals surface area (Å²) in [6.07, 6.45) is 2.69. The average Bonchev–Trinajstić information content (AvgIpc) is 3.15. The fourth-order valence-corrected chi connectivity index (χ4v) is 2.72. The molecule has 0 fully saturated rings. The van der Waals surface area contributed by atoms with E-state index in [0.29, 0.717) is 5.56 Å². The van der Waals surface area contributed by atoms with E-state index < -0.39 is 0 Å². The lowest BCUT2D eigenvalue weighted by Gasteiger charge is -2.08. The summed E-state index contributed by atoms with van der Waals surface area (Å²) in [6.45, 7) is 0.939. The summed E-state index contributed by atoms with van der Waals surface area (Å²) < 4.78 is 0. The number of H-pyrrole nitrogens is 1. The molecule has 0 bridgehead atoms. The fraction of sp³-hybridized carbons (Fsp3) is 0.125. The minimum absolute atomic E-state index is 0.0987. The van der Waals surface area contributed by atoms with Crippen molar-refractivity contribution in [3.8, 4) is 0 Å². The standard InChI is InChI=1S/C16H14N4O/c21-16(11-4-5-13-10(8-11)6-7-17-13)19-14-2-1-3-15-12(14)9-18-20-15/h1-5,8-9,17H,6-7H2,(H,18,20)(H,19,21). The zero-order chi connectivity index (χ0) is 14.2. The Morgan fingerprint density at radius 2 is 2.19 bits per heavy atom. The minimum Gasteiger partial charge on any atom is -0.384 e. The molecule has 1 amide bonds. The van der Waals surface area contributed by atoms with Crippen molar-refractivity contribution in [2.24, 2.45) is 0 Å². The lowest BCUT2D eigenvalue weighted by atomic mass is 10.1. The van der Waals surface area contributed by atoms with Crippen LogP contribution in [0.1, 0.15) is 15.9 Å². The molecule has 21 heavy (non-hydrogen) atoms. The third-order valence-corrected chi connectivity index (χ3v) is 3.81. The molecular weight excluding hydrogens is 264 g/mol. The molecule has 3 N–H and O–H groups in total. The Kier molecular flexibility index (Phi) is 2.64. The molecule has 0 spiro atoms. The highest BCUT2D eigenvalue weighted by Gasteiger charge is 2.14. The number of rotatable bonds is 2. The fourth-order valence-electron chi connectivity index (χ4n) is 2.72. The zero-order valence-electron chi connectivity index (χ0n) is 11.3. The summed E-state index contributed by atoms with van der Waals surface area (Å²) in [6, 6.07) is 11.5. The number of carbonyl (C=O) groups excluding carboxylic acids is 1. The predicted octanol–water partition coefficient (Wildman–Crippen LogP) is 2.78. The second-order valence-corrected chi connectivity index (χ2v) is 5.14. The van der Waals surface area contributed by atoms with Crippen molar-refractivity contribution in [1.29, 1.82) is 0 Å². The number of anilines is 2. The Morgan fingerprint density at radius 3 is 3.14 bits per heavy atom. The van der Waals surface area contributed by atoms with Gasteiger partial charge in [0.25, 0.3) is 5.91 Å². The second kappa shape index (κ2) is 4.63. The predicted molar refractivity (Wildman–Crippen MR) is 82.7 cm³/mol. The van der Waals surface area contributed by atoms with Gasteiger partial charge in [0.1, 0.15) is 0 Å². The highest BCUT2D eigenvalue weighted by Crippen LogP contribution is 2.25. The third kappa shape index (κ3) is 2.03. The van der Waals surface area contributed by atoms with Gasteiger partial charge in [0.05, 0.1) is 17.4 Å². The van der Waals surface area contributed by atoms with Gasteiger partial charge in [-0.05, 0) is 42.3 Å². The van der Waals surface area contributed by atoms with Crippen LogP contribution in [-0.4, -0.2) is 22.6 Å². The van der Waals surface area contributed by atoms with Gasteiger partial charge in [-0.2, -0.15) is 5.10 Å². The van der Waals surface area contributed by atoms with Crippen LogP contribution in [0.4, 0.5) is 11.4 Å². The monoisotopic (exact) mass is 278 g/mol. The molecule has 5 heteroatoms. The Labute approximate surface area is 121 Å². The molecule has 0 saturated heterocycles. The van der Waals surface area contributed by atoms with Gasteiger partial charge in [-0.15, -0.1) is 0 Å². The van der Waals surface area contributed by atoms with E-state index in [-0.39, 0.29) is 5.91 Å². The number of benzene rings is 2. The van der Waals surface area contributed by atoms with Gasteiger partial charge in [-0.3, -0.25) is 9.89 Å². The summed E-state index contributed by atoms with van der Waals surface area (Å²) >= 11 is 0. The van der Waals surface area contributed by atoms with Gasteiger partial charge in [0.2, 0.25) is 0 Å². The first-order valence-electron chi connectivity index (χ1n) is 6.91. The quantitative estimate of drug-likeness (QED) is 0.675. The maximum absolute atomic E-state index is 12.4. The van der Waals surface area contributed by atoms with E-state index in [1.54, 1.807) is 6.20 Å². The highest BCUT2D eigenvalue weighted by molar-refractivity contribution is 6.08.